The summed E-state index contributed by atoms with van der Waals surface area (Å²) in [6.07, 6.45) is 1.22. The van der Waals surface area contributed by atoms with Crippen LogP contribution in [0.4, 0.5) is 0 Å². The summed E-state index contributed by atoms with van der Waals surface area (Å²) < 4.78 is 11.3. The quantitative estimate of drug-likeness (QED) is 0.632. The van der Waals surface area contributed by atoms with E-state index < -0.39 is 6.29 Å². The molecule has 1 aromatic rings. The first-order chi connectivity index (χ1) is 6.67. The van der Waals surface area contributed by atoms with E-state index in [1.165, 1.54) is 14.2 Å². The maximum Gasteiger partial charge on any atom is 0.217 e. The van der Waals surface area contributed by atoms with Crippen LogP contribution in [0.15, 0.2) is 12.3 Å². The van der Waals surface area contributed by atoms with Crippen LogP contribution < -0.4 is 0 Å². The number of hydrogen-bond donors (Lipinski definition) is 0. The first-order valence-electron chi connectivity index (χ1n) is 4.24. The largest absolute Gasteiger partial charge is 0.349 e. The predicted octanol–water partition coefficient (Wildman–Crippen LogP) is 0.151. The highest BCUT2D eigenvalue weighted by atomic mass is 16.7. The predicted molar refractivity (Wildman–Crippen MR) is 49.7 cm³/mol. The minimum Gasteiger partial charge on any atom is -0.349 e. The molecule has 5 nitrogen and oxygen atoms in total. The topological polar surface area (TPSA) is 53.4 Å². The summed E-state index contributed by atoms with van der Waals surface area (Å²) in [4.78, 5) is 11.5. The fourth-order valence-corrected chi connectivity index (χ4v) is 1.18. The van der Waals surface area contributed by atoms with Crippen molar-refractivity contribution in [3.63, 3.8) is 0 Å². The Kier molecular flexibility index (Phi) is 3.79. The zero-order chi connectivity index (χ0) is 10.6. The van der Waals surface area contributed by atoms with Crippen LogP contribution in [-0.2, 0) is 27.7 Å². The van der Waals surface area contributed by atoms with E-state index in [4.69, 9.17) is 9.47 Å². The minimum absolute atomic E-state index is 0.131. The Morgan fingerprint density at radius 1 is 1.57 bits per heavy atom. The highest BCUT2D eigenvalue weighted by Crippen LogP contribution is 2.01. The second-order valence-electron chi connectivity index (χ2n) is 2.93. The molecule has 0 amide bonds. The van der Waals surface area contributed by atoms with Crippen molar-refractivity contribution in [2.45, 2.75) is 12.7 Å². The second kappa shape index (κ2) is 4.88. The lowest BCUT2D eigenvalue weighted by molar-refractivity contribution is -0.156. The van der Waals surface area contributed by atoms with Crippen LogP contribution in [0, 0.1) is 0 Å². The Hall–Kier alpha value is -1.20. The van der Waals surface area contributed by atoms with Crippen molar-refractivity contribution in [2.24, 2.45) is 7.05 Å². The summed E-state index contributed by atoms with van der Waals surface area (Å²) in [5.74, 6) is -0.131. The number of rotatable bonds is 5. The molecule has 5 heteroatoms. The van der Waals surface area contributed by atoms with Gasteiger partial charge in [0.2, 0.25) is 6.29 Å². The van der Waals surface area contributed by atoms with Crippen molar-refractivity contribution in [3.05, 3.63) is 18.0 Å². The van der Waals surface area contributed by atoms with E-state index in [0.717, 1.165) is 5.69 Å². The lowest BCUT2D eigenvalue weighted by Gasteiger charge is -2.10. The van der Waals surface area contributed by atoms with Crippen LogP contribution in [0.3, 0.4) is 0 Å². The van der Waals surface area contributed by atoms with E-state index in [2.05, 4.69) is 5.10 Å². The van der Waals surface area contributed by atoms with Gasteiger partial charge in [0, 0.05) is 27.5 Å². The Labute approximate surface area is 82.6 Å². The van der Waals surface area contributed by atoms with Crippen LogP contribution in [0.1, 0.15) is 5.69 Å². The zero-order valence-corrected chi connectivity index (χ0v) is 8.56. The van der Waals surface area contributed by atoms with Crippen molar-refractivity contribution in [2.75, 3.05) is 14.2 Å². The number of hydrogen-bond acceptors (Lipinski definition) is 4. The van der Waals surface area contributed by atoms with Gasteiger partial charge in [-0.1, -0.05) is 0 Å². The van der Waals surface area contributed by atoms with Gasteiger partial charge in [0.1, 0.15) is 0 Å². The molecule has 0 aliphatic carbocycles. The Balaban J connectivity index is 2.56. The van der Waals surface area contributed by atoms with Gasteiger partial charge < -0.3 is 9.47 Å². The lowest BCUT2D eigenvalue weighted by Crippen LogP contribution is -2.26. The van der Waals surface area contributed by atoms with E-state index in [1.54, 1.807) is 24.0 Å². The molecule has 0 aromatic carbocycles. The van der Waals surface area contributed by atoms with E-state index in [-0.39, 0.29) is 12.2 Å². The third-order valence-corrected chi connectivity index (χ3v) is 1.82. The average molecular weight is 198 g/mol. The second-order valence-corrected chi connectivity index (χ2v) is 2.93. The molecule has 0 spiro atoms. The van der Waals surface area contributed by atoms with Crippen molar-refractivity contribution in [3.8, 4) is 0 Å². The van der Waals surface area contributed by atoms with Gasteiger partial charge in [0.15, 0.2) is 5.78 Å². The van der Waals surface area contributed by atoms with Crippen LogP contribution in [0.5, 0.6) is 0 Å². The van der Waals surface area contributed by atoms with Gasteiger partial charge >= 0.3 is 0 Å². The lowest BCUT2D eigenvalue weighted by atomic mass is 10.2. The standard InChI is InChI=1S/C9H14N2O3/c1-11-5-4-7(10-11)6-8(12)9(13-2)14-3/h4-5,9H,6H2,1-3H3. The summed E-state index contributed by atoms with van der Waals surface area (Å²) in [6, 6.07) is 1.79. The SMILES string of the molecule is COC(OC)C(=O)Cc1ccn(C)n1. The van der Waals surface area contributed by atoms with Gasteiger partial charge in [0.25, 0.3) is 0 Å². The third kappa shape index (κ3) is 2.65. The van der Waals surface area contributed by atoms with E-state index in [1.807, 2.05) is 0 Å². The molecule has 14 heavy (non-hydrogen) atoms. The summed E-state index contributed by atoms with van der Waals surface area (Å²) >= 11 is 0. The Morgan fingerprint density at radius 3 is 2.64 bits per heavy atom. The van der Waals surface area contributed by atoms with Gasteiger partial charge in [-0.05, 0) is 6.07 Å². The number of ether oxygens (including phenoxy) is 2. The van der Waals surface area contributed by atoms with Crippen molar-refractivity contribution in [1.29, 1.82) is 0 Å². The van der Waals surface area contributed by atoms with E-state index >= 15 is 0 Å². The Bertz CT molecular complexity index is 305. The molecule has 0 saturated carbocycles. The average Bonchev–Trinajstić information content (AvgIpc) is 2.53. The molecule has 1 heterocycles. The number of carbonyl (C=O) groups is 1. The monoisotopic (exact) mass is 198 g/mol. The summed E-state index contributed by atoms with van der Waals surface area (Å²) in [5, 5.41) is 4.09. The van der Waals surface area contributed by atoms with Crippen molar-refractivity contribution < 1.29 is 14.3 Å². The summed E-state index contributed by atoms with van der Waals surface area (Å²) in [5.41, 5.74) is 0.719. The molecule has 0 radical (unpaired) electrons. The third-order valence-electron chi connectivity index (χ3n) is 1.82. The number of aromatic nitrogens is 2. The van der Waals surface area contributed by atoms with Crippen molar-refractivity contribution in [1.82, 2.24) is 9.78 Å². The molecular formula is C9H14N2O3. The fourth-order valence-electron chi connectivity index (χ4n) is 1.18. The van der Waals surface area contributed by atoms with Crippen LogP contribution in [0.2, 0.25) is 0 Å². The van der Waals surface area contributed by atoms with Gasteiger partial charge in [-0.3, -0.25) is 9.48 Å². The maximum absolute atomic E-state index is 11.5. The molecular weight excluding hydrogens is 184 g/mol. The molecule has 0 fully saturated rings. The van der Waals surface area contributed by atoms with Crippen LogP contribution >= 0.6 is 0 Å². The van der Waals surface area contributed by atoms with Gasteiger partial charge in [0.05, 0.1) is 12.1 Å². The van der Waals surface area contributed by atoms with Gasteiger partial charge in [-0.2, -0.15) is 5.10 Å². The number of ketones is 1. The molecule has 0 saturated heterocycles. The molecule has 1 aromatic heterocycles. The smallest absolute Gasteiger partial charge is 0.217 e. The highest BCUT2D eigenvalue weighted by molar-refractivity contribution is 5.83. The first-order valence-corrected chi connectivity index (χ1v) is 4.24. The zero-order valence-electron chi connectivity index (χ0n) is 8.56. The van der Waals surface area contributed by atoms with Crippen LogP contribution in [0.25, 0.3) is 0 Å². The molecule has 78 valence electrons. The molecule has 0 bridgehead atoms. The molecule has 0 aliphatic heterocycles. The molecule has 0 N–H and O–H groups in total. The Morgan fingerprint density at radius 2 is 2.21 bits per heavy atom. The molecule has 1 rings (SSSR count). The van der Waals surface area contributed by atoms with Gasteiger partial charge in [-0.25, -0.2) is 0 Å². The first kappa shape index (κ1) is 10.9. The number of carbonyl (C=O) groups excluding carboxylic acids is 1. The normalized spacial score (nSPS) is 10.9. The number of aryl methyl sites for hydroxylation is 1. The number of methoxy groups -OCH3 is 2. The molecule has 0 aliphatic rings. The van der Waals surface area contributed by atoms with Crippen molar-refractivity contribution >= 4 is 5.78 Å². The summed E-state index contributed by atoms with van der Waals surface area (Å²) in [7, 11) is 4.67. The van der Waals surface area contributed by atoms with Crippen LogP contribution in [-0.4, -0.2) is 36.1 Å². The maximum atomic E-state index is 11.5. The summed E-state index contributed by atoms with van der Waals surface area (Å²) in [6.45, 7) is 0. The molecule has 0 atom stereocenters. The fraction of sp³-hybridized carbons (Fsp3) is 0.556. The van der Waals surface area contributed by atoms with E-state index in [9.17, 15) is 4.79 Å². The number of nitrogens with zero attached hydrogens (tertiary/aromatic N) is 2. The minimum atomic E-state index is -0.794. The highest BCUT2D eigenvalue weighted by Gasteiger charge is 2.17. The molecule has 0 unspecified atom stereocenters. The number of Topliss-reactive ketones (excluding diaryl/α,β-unsaturated/α-hetero) is 1. The van der Waals surface area contributed by atoms with Gasteiger partial charge in [-0.15, -0.1) is 0 Å². The van der Waals surface area contributed by atoms with E-state index in [0.29, 0.717) is 0 Å².